The molecular formula is C17H15NO5S. The lowest BCUT2D eigenvalue weighted by molar-refractivity contribution is 0.354. The standard InChI is InChI=1S/C17H15NO5S/c1-22-15-8-7-13(11-16(15)23-2)24(20,21)18-10-9-12-5-3-4-6-14(12)17(18)19/h3-11H,1-2H3. The fourth-order valence-corrected chi connectivity index (χ4v) is 3.71. The van der Waals surface area contributed by atoms with Crippen molar-refractivity contribution in [2.45, 2.75) is 4.90 Å². The van der Waals surface area contributed by atoms with E-state index >= 15 is 0 Å². The summed E-state index contributed by atoms with van der Waals surface area (Å²) >= 11 is 0. The predicted octanol–water partition coefficient (Wildman–Crippen LogP) is 2.26. The molecule has 0 N–H and O–H groups in total. The van der Waals surface area contributed by atoms with Gasteiger partial charge in [-0.2, -0.15) is 0 Å². The van der Waals surface area contributed by atoms with Crippen LogP contribution in [0.25, 0.3) is 10.8 Å². The van der Waals surface area contributed by atoms with Crippen LogP contribution in [0.15, 0.2) is 64.4 Å². The van der Waals surface area contributed by atoms with Crippen LogP contribution in [0.4, 0.5) is 0 Å². The molecule has 0 aliphatic rings. The normalized spacial score (nSPS) is 11.4. The van der Waals surface area contributed by atoms with Crippen molar-refractivity contribution in [1.29, 1.82) is 0 Å². The van der Waals surface area contributed by atoms with Crippen LogP contribution in [0, 0.1) is 0 Å². The molecule has 124 valence electrons. The lowest BCUT2D eigenvalue weighted by Gasteiger charge is -2.12. The van der Waals surface area contributed by atoms with E-state index in [9.17, 15) is 13.2 Å². The van der Waals surface area contributed by atoms with E-state index < -0.39 is 15.6 Å². The van der Waals surface area contributed by atoms with Crippen molar-refractivity contribution in [3.8, 4) is 11.5 Å². The first-order chi connectivity index (χ1) is 11.5. The van der Waals surface area contributed by atoms with Crippen LogP contribution in [-0.2, 0) is 10.0 Å². The van der Waals surface area contributed by atoms with Crippen molar-refractivity contribution in [3.63, 3.8) is 0 Å². The van der Waals surface area contributed by atoms with E-state index in [0.717, 1.165) is 3.97 Å². The van der Waals surface area contributed by atoms with Gasteiger partial charge < -0.3 is 9.47 Å². The van der Waals surface area contributed by atoms with Gasteiger partial charge in [0, 0.05) is 17.6 Å². The molecule has 0 aliphatic carbocycles. The van der Waals surface area contributed by atoms with E-state index in [-0.39, 0.29) is 10.6 Å². The minimum Gasteiger partial charge on any atom is -0.493 e. The largest absolute Gasteiger partial charge is 0.493 e. The Kier molecular flexibility index (Phi) is 4.02. The molecule has 0 unspecified atom stereocenters. The number of hydrogen-bond donors (Lipinski definition) is 0. The van der Waals surface area contributed by atoms with Crippen molar-refractivity contribution in [2.75, 3.05) is 14.2 Å². The Labute approximate surface area is 138 Å². The van der Waals surface area contributed by atoms with Crippen molar-refractivity contribution < 1.29 is 17.9 Å². The maximum atomic E-state index is 12.8. The van der Waals surface area contributed by atoms with Gasteiger partial charge in [-0.15, -0.1) is 0 Å². The predicted molar refractivity (Wildman–Crippen MR) is 90.3 cm³/mol. The summed E-state index contributed by atoms with van der Waals surface area (Å²) in [5.41, 5.74) is -0.595. The molecule has 6 nitrogen and oxygen atoms in total. The summed E-state index contributed by atoms with van der Waals surface area (Å²) in [5.74, 6) is 0.676. The molecule has 0 radical (unpaired) electrons. The molecule has 0 amide bonds. The number of ether oxygens (including phenoxy) is 2. The zero-order valence-corrected chi connectivity index (χ0v) is 13.9. The van der Waals surface area contributed by atoms with E-state index in [1.54, 1.807) is 30.3 Å². The Morgan fingerprint density at radius 3 is 2.33 bits per heavy atom. The van der Waals surface area contributed by atoms with Gasteiger partial charge in [0.15, 0.2) is 11.5 Å². The topological polar surface area (TPSA) is 74.6 Å². The van der Waals surface area contributed by atoms with E-state index in [1.165, 1.54) is 38.6 Å². The van der Waals surface area contributed by atoms with E-state index in [0.29, 0.717) is 16.5 Å². The summed E-state index contributed by atoms with van der Waals surface area (Å²) in [4.78, 5) is 12.5. The molecular weight excluding hydrogens is 330 g/mol. The highest BCUT2D eigenvalue weighted by molar-refractivity contribution is 7.90. The van der Waals surface area contributed by atoms with Crippen molar-refractivity contribution in [2.24, 2.45) is 0 Å². The van der Waals surface area contributed by atoms with Gasteiger partial charge in [0.2, 0.25) is 0 Å². The van der Waals surface area contributed by atoms with Gasteiger partial charge in [0.25, 0.3) is 15.6 Å². The Balaban J connectivity index is 2.22. The molecule has 7 heteroatoms. The zero-order valence-electron chi connectivity index (χ0n) is 13.1. The number of hydrogen-bond acceptors (Lipinski definition) is 5. The quantitative estimate of drug-likeness (QED) is 0.725. The lowest BCUT2D eigenvalue weighted by atomic mass is 10.2. The first-order valence-corrected chi connectivity index (χ1v) is 8.51. The summed E-state index contributed by atoms with van der Waals surface area (Å²) in [6.07, 6.45) is 1.26. The number of aromatic nitrogens is 1. The Bertz CT molecular complexity index is 1070. The molecule has 0 saturated heterocycles. The minimum absolute atomic E-state index is 0.0578. The molecule has 0 spiro atoms. The van der Waals surface area contributed by atoms with E-state index in [1.807, 2.05) is 0 Å². The molecule has 1 aromatic heterocycles. The summed E-state index contributed by atoms with van der Waals surface area (Å²) < 4.78 is 36.6. The van der Waals surface area contributed by atoms with Crippen LogP contribution in [0.5, 0.6) is 11.5 Å². The minimum atomic E-state index is -4.05. The molecule has 3 rings (SSSR count). The molecule has 0 atom stereocenters. The number of benzene rings is 2. The molecule has 0 fully saturated rings. The maximum Gasteiger partial charge on any atom is 0.272 e. The summed E-state index contributed by atoms with van der Waals surface area (Å²) in [7, 11) is -1.18. The second kappa shape index (κ2) is 6.01. The second-order valence-electron chi connectivity index (χ2n) is 5.03. The smallest absolute Gasteiger partial charge is 0.272 e. The van der Waals surface area contributed by atoms with Gasteiger partial charge in [-0.1, -0.05) is 18.2 Å². The number of pyridine rings is 1. The van der Waals surface area contributed by atoms with Crippen LogP contribution in [0.2, 0.25) is 0 Å². The molecule has 1 heterocycles. The SMILES string of the molecule is COc1ccc(S(=O)(=O)n2ccc3ccccc3c2=O)cc1OC. The molecule has 3 aromatic rings. The average molecular weight is 345 g/mol. The Hall–Kier alpha value is -2.80. The van der Waals surface area contributed by atoms with Crippen LogP contribution < -0.4 is 15.0 Å². The molecule has 2 aromatic carbocycles. The summed E-state index contributed by atoms with van der Waals surface area (Å²) in [6.45, 7) is 0. The first kappa shape index (κ1) is 16.1. The number of nitrogens with zero attached hydrogens (tertiary/aromatic N) is 1. The van der Waals surface area contributed by atoms with Gasteiger partial charge in [0.05, 0.1) is 19.1 Å². The maximum absolute atomic E-state index is 12.8. The highest BCUT2D eigenvalue weighted by atomic mass is 32.2. The van der Waals surface area contributed by atoms with Crippen molar-refractivity contribution >= 4 is 20.8 Å². The van der Waals surface area contributed by atoms with E-state index in [4.69, 9.17) is 9.47 Å². The Morgan fingerprint density at radius 2 is 1.62 bits per heavy atom. The third-order valence-corrected chi connectivity index (χ3v) is 5.35. The second-order valence-corrected chi connectivity index (χ2v) is 6.84. The van der Waals surface area contributed by atoms with E-state index in [2.05, 4.69) is 0 Å². The third-order valence-electron chi connectivity index (χ3n) is 3.69. The van der Waals surface area contributed by atoms with Crippen molar-refractivity contribution in [3.05, 3.63) is 65.1 Å². The third kappa shape index (κ3) is 2.52. The highest BCUT2D eigenvalue weighted by Gasteiger charge is 2.21. The van der Waals surface area contributed by atoms with Crippen LogP contribution in [-0.4, -0.2) is 26.6 Å². The summed E-state index contributed by atoms with van der Waals surface area (Å²) in [6, 6.07) is 12.6. The Morgan fingerprint density at radius 1 is 0.917 bits per heavy atom. The lowest BCUT2D eigenvalue weighted by Crippen LogP contribution is -2.27. The number of fused-ring (bicyclic) bond motifs is 1. The van der Waals surface area contributed by atoms with Gasteiger partial charge >= 0.3 is 0 Å². The average Bonchev–Trinajstić information content (AvgIpc) is 2.61. The number of methoxy groups -OCH3 is 2. The van der Waals surface area contributed by atoms with Gasteiger partial charge in [-0.3, -0.25) is 4.79 Å². The fourth-order valence-electron chi connectivity index (χ4n) is 2.45. The summed E-state index contributed by atoms with van der Waals surface area (Å²) in [5, 5.41) is 1.02. The highest BCUT2D eigenvalue weighted by Crippen LogP contribution is 2.30. The monoisotopic (exact) mass is 345 g/mol. The fraction of sp³-hybridized carbons (Fsp3) is 0.118. The van der Waals surface area contributed by atoms with Crippen molar-refractivity contribution in [1.82, 2.24) is 3.97 Å². The van der Waals surface area contributed by atoms with Crippen LogP contribution in [0.1, 0.15) is 0 Å². The molecule has 0 saturated carbocycles. The van der Waals surface area contributed by atoms with Crippen LogP contribution >= 0.6 is 0 Å². The zero-order chi connectivity index (χ0) is 17.3. The van der Waals surface area contributed by atoms with Gasteiger partial charge in [-0.25, -0.2) is 12.4 Å². The number of rotatable bonds is 4. The van der Waals surface area contributed by atoms with Gasteiger partial charge in [0.1, 0.15) is 0 Å². The van der Waals surface area contributed by atoms with Gasteiger partial charge in [-0.05, 0) is 29.7 Å². The molecule has 0 bridgehead atoms. The first-order valence-electron chi connectivity index (χ1n) is 7.07. The molecule has 24 heavy (non-hydrogen) atoms. The van der Waals surface area contributed by atoms with Crippen LogP contribution in [0.3, 0.4) is 0 Å². The molecule has 0 aliphatic heterocycles.